The minimum Gasteiger partial charge on any atom is -0.480 e. The molecule has 126 valence electrons. The number of hydrogen-bond donors (Lipinski definition) is 0. The molecule has 0 N–H and O–H groups in total. The van der Waals surface area contributed by atoms with E-state index in [0.717, 1.165) is 29.4 Å². The van der Waals surface area contributed by atoms with Gasteiger partial charge in [0.2, 0.25) is 5.88 Å². The molecular formula is C17H20N4O2S. The van der Waals surface area contributed by atoms with Gasteiger partial charge in [-0.05, 0) is 24.5 Å². The number of hydrogen-bond acceptors (Lipinski definition) is 6. The summed E-state index contributed by atoms with van der Waals surface area (Å²) in [7, 11) is 1.57. The molecule has 0 saturated carbocycles. The Morgan fingerprint density at radius 1 is 1.08 bits per heavy atom. The second kappa shape index (κ2) is 7.53. The Balaban J connectivity index is 1.65. The van der Waals surface area contributed by atoms with Gasteiger partial charge in [-0.2, -0.15) is 0 Å². The largest absolute Gasteiger partial charge is 0.480 e. The molecule has 0 aliphatic carbocycles. The molecule has 1 saturated heterocycles. The predicted molar refractivity (Wildman–Crippen MR) is 94.9 cm³/mol. The van der Waals surface area contributed by atoms with E-state index in [1.54, 1.807) is 24.9 Å². The minimum atomic E-state index is 0.0976. The summed E-state index contributed by atoms with van der Waals surface area (Å²) in [6.45, 7) is 2.84. The zero-order chi connectivity index (χ0) is 16.9. The molecule has 7 heteroatoms. The Morgan fingerprint density at radius 2 is 1.83 bits per heavy atom. The summed E-state index contributed by atoms with van der Waals surface area (Å²) in [5.74, 6) is 1.41. The van der Waals surface area contributed by atoms with E-state index in [2.05, 4.69) is 15.1 Å². The zero-order valence-electron chi connectivity index (χ0n) is 13.8. The van der Waals surface area contributed by atoms with Crippen LogP contribution in [-0.2, 0) is 0 Å². The smallest absolute Gasteiger partial charge is 0.255 e. The van der Waals surface area contributed by atoms with Crippen molar-refractivity contribution in [2.24, 2.45) is 0 Å². The van der Waals surface area contributed by atoms with E-state index in [-0.39, 0.29) is 5.91 Å². The van der Waals surface area contributed by atoms with E-state index >= 15 is 0 Å². The van der Waals surface area contributed by atoms with Crippen LogP contribution in [0.15, 0.2) is 41.3 Å². The average Bonchev–Trinajstić information content (AvgIpc) is 2.67. The van der Waals surface area contributed by atoms with Crippen LogP contribution in [0.1, 0.15) is 10.4 Å². The molecular weight excluding hydrogens is 324 g/mol. The number of anilines is 1. The maximum absolute atomic E-state index is 12.8. The third-order valence-corrected chi connectivity index (χ3v) is 4.86. The Labute approximate surface area is 145 Å². The van der Waals surface area contributed by atoms with Crippen molar-refractivity contribution in [1.29, 1.82) is 0 Å². The molecule has 0 unspecified atom stereocenters. The second-order valence-electron chi connectivity index (χ2n) is 5.41. The van der Waals surface area contributed by atoms with Gasteiger partial charge < -0.3 is 14.5 Å². The molecule has 1 aliphatic heterocycles. The summed E-state index contributed by atoms with van der Waals surface area (Å²) >= 11 is 1.60. The van der Waals surface area contributed by atoms with Gasteiger partial charge in [0.25, 0.3) is 5.91 Å². The Hall–Kier alpha value is -2.28. The van der Waals surface area contributed by atoms with Gasteiger partial charge >= 0.3 is 0 Å². The third-order valence-electron chi connectivity index (χ3n) is 4.06. The van der Waals surface area contributed by atoms with Crippen molar-refractivity contribution in [3.05, 3.63) is 42.0 Å². The molecule has 3 rings (SSSR count). The maximum atomic E-state index is 12.8. The van der Waals surface area contributed by atoms with Crippen molar-refractivity contribution in [1.82, 2.24) is 15.1 Å². The van der Waals surface area contributed by atoms with E-state index in [1.165, 1.54) is 0 Å². The first-order valence-corrected chi connectivity index (χ1v) is 9.00. The molecule has 2 heterocycles. The van der Waals surface area contributed by atoms with Crippen molar-refractivity contribution in [2.45, 2.75) is 4.90 Å². The summed E-state index contributed by atoms with van der Waals surface area (Å²) < 4.78 is 5.03. The molecule has 24 heavy (non-hydrogen) atoms. The number of nitrogens with zero attached hydrogens (tertiary/aromatic N) is 4. The highest BCUT2D eigenvalue weighted by atomic mass is 32.2. The van der Waals surface area contributed by atoms with Crippen LogP contribution in [0.5, 0.6) is 5.88 Å². The van der Waals surface area contributed by atoms with Gasteiger partial charge in [-0.3, -0.25) is 4.79 Å². The highest BCUT2D eigenvalue weighted by molar-refractivity contribution is 7.98. The van der Waals surface area contributed by atoms with Gasteiger partial charge in [0.15, 0.2) is 5.82 Å². The lowest BCUT2D eigenvalue weighted by atomic mass is 10.2. The molecule has 0 bridgehead atoms. The number of piperazine rings is 1. The lowest BCUT2D eigenvalue weighted by Crippen LogP contribution is -2.49. The van der Waals surface area contributed by atoms with Crippen molar-refractivity contribution in [3.63, 3.8) is 0 Å². The predicted octanol–water partition coefficient (Wildman–Crippen LogP) is 2.17. The fourth-order valence-electron chi connectivity index (χ4n) is 2.72. The van der Waals surface area contributed by atoms with Gasteiger partial charge in [0.1, 0.15) is 0 Å². The zero-order valence-corrected chi connectivity index (χ0v) is 14.6. The average molecular weight is 344 g/mol. The Bertz CT molecular complexity index is 700. The number of rotatable bonds is 4. The third kappa shape index (κ3) is 3.46. The molecule has 0 radical (unpaired) electrons. The SMILES string of the molecule is COc1ccc(N2CCN(C(=O)c3ccccc3SC)CC2)nn1. The van der Waals surface area contributed by atoms with Crippen LogP contribution in [0.3, 0.4) is 0 Å². The van der Waals surface area contributed by atoms with Gasteiger partial charge in [0.05, 0.1) is 12.7 Å². The number of thioether (sulfide) groups is 1. The van der Waals surface area contributed by atoms with Crippen molar-refractivity contribution in [2.75, 3.05) is 44.4 Å². The molecule has 2 aromatic rings. The van der Waals surface area contributed by atoms with E-state index in [1.807, 2.05) is 41.5 Å². The number of carbonyl (C=O) groups excluding carboxylic acids is 1. The summed E-state index contributed by atoms with van der Waals surface area (Å²) in [5, 5.41) is 8.17. The summed E-state index contributed by atoms with van der Waals surface area (Å²) in [6.07, 6.45) is 1.99. The highest BCUT2D eigenvalue weighted by Crippen LogP contribution is 2.22. The van der Waals surface area contributed by atoms with Crippen molar-refractivity contribution < 1.29 is 9.53 Å². The molecule has 6 nitrogen and oxygen atoms in total. The first-order chi connectivity index (χ1) is 11.7. The topological polar surface area (TPSA) is 58.6 Å². The molecule has 1 amide bonds. The highest BCUT2D eigenvalue weighted by Gasteiger charge is 2.24. The lowest BCUT2D eigenvalue weighted by Gasteiger charge is -2.35. The van der Waals surface area contributed by atoms with Gasteiger partial charge in [0, 0.05) is 37.1 Å². The van der Waals surface area contributed by atoms with Crippen LogP contribution in [0, 0.1) is 0 Å². The molecule has 1 aromatic carbocycles. The van der Waals surface area contributed by atoms with Crippen molar-refractivity contribution >= 4 is 23.5 Å². The first-order valence-electron chi connectivity index (χ1n) is 7.78. The number of amides is 1. The van der Waals surface area contributed by atoms with E-state index in [4.69, 9.17) is 4.74 Å². The van der Waals surface area contributed by atoms with E-state index < -0.39 is 0 Å². The number of ether oxygens (including phenoxy) is 1. The monoisotopic (exact) mass is 344 g/mol. The number of methoxy groups -OCH3 is 1. The standard InChI is InChI=1S/C17H20N4O2S/c1-23-16-8-7-15(18-19-16)20-9-11-21(12-10-20)17(22)13-5-3-4-6-14(13)24-2/h3-8H,9-12H2,1-2H3. The number of aromatic nitrogens is 2. The summed E-state index contributed by atoms with van der Waals surface area (Å²) in [5.41, 5.74) is 0.780. The summed E-state index contributed by atoms with van der Waals surface area (Å²) in [4.78, 5) is 17.8. The Morgan fingerprint density at radius 3 is 2.46 bits per heavy atom. The van der Waals surface area contributed by atoms with Crippen LogP contribution in [-0.4, -0.2) is 60.5 Å². The molecule has 0 atom stereocenters. The van der Waals surface area contributed by atoms with Crippen LogP contribution in [0.4, 0.5) is 5.82 Å². The molecule has 1 fully saturated rings. The minimum absolute atomic E-state index is 0.0976. The van der Waals surface area contributed by atoms with Crippen molar-refractivity contribution in [3.8, 4) is 5.88 Å². The summed E-state index contributed by atoms with van der Waals surface area (Å²) in [6, 6.07) is 11.5. The van der Waals surface area contributed by atoms with E-state index in [9.17, 15) is 4.79 Å². The number of carbonyl (C=O) groups is 1. The maximum Gasteiger partial charge on any atom is 0.255 e. The van der Waals surface area contributed by atoms with E-state index in [0.29, 0.717) is 19.0 Å². The van der Waals surface area contributed by atoms with Gasteiger partial charge in [-0.1, -0.05) is 12.1 Å². The second-order valence-corrected chi connectivity index (χ2v) is 6.26. The fourth-order valence-corrected chi connectivity index (χ4v) is 3.31. The van der Waals surface area contributed by atoms with Crippen LogP contribution < -0.4 is 9.64 Å². The Kier molecular flexibility index (Phi) is 5.20. The fraction of sp³-hybridized carbons (Fsp3) is 0.353. The van der Waals surface area contributed by atoms with Gasteiger partial charge in [-0.15, -0.1) is 22.0 Å². The molecule has 1 aliphatic rings. The van der Waals surface area contributed by atoms with Crippen LogP contribution in [0.25, 0.3) is 0 Å². The van der Waals surface area contributed by atoms with Crippen LogP contribution >= 0.6 is 11.8 Å². The molecule has 1 aromatic heterocycles. The normalized spacial score (nSPS) is 14.6. The molecule has 0 spiro atoms. The quantitative estimate of drug-likeness (QED) is 0.792. The lowest BCUT2D eigenvalue weighted by molar-refractivity contribution is 0.0743. The number of benzene rings is 1. The first kappa shape index (κ1) is 16.6. The van der Waals surface area contributed by atoms with Crippen LogP contribution in [0.2, 0.25) is 0 Å². The van der Waals surface area contributed by atoms with Gasteiger partial charge in [-0.25, -0.2) is 0 Å².